The number of hydrogen-bond acceptors (Lipinski definition) is 12. The van der Waals surface area contributed by atoms with E-state index >= 15 is 0 Å². The molecule has 8 N–H and O–H groups in total. The molecule has 1 aromatic heterocycles. The molecule has 0 unspecified atom stereocenters. The maximum Gasteiger partial charge on any atom is 0.336 e. The lowest BCUT2D eigenvalue weighted by Crippen LogP contribution is -2.67. The van der Waals surface area contributed by atoms with Crippen LogP contribution in [0.3, 0.4) is 0 Å². The van der Waals surface area contributed by atoms with Crippen LogP contribution in [-0.2, 0) is 37.0 Å². The number of carbonyl (C=O) groups is 5. The molecule has 346 valence electrons. The molecule has 1 saturated carbocycles. The first-order valence-corrected chi connectivity index (χ1v) is 22.1. The fraction of sp³-hybridized carbons (Fsp3) is 0.543. The van der Waals surface area contributed by atoms with Crippen molar-refractivity contribution >= 4 is 35.7 Å². The normalized spacial score (nSPS) is 23.0. The lowest BCUT2D eigenvalue weighted by molar-refractivity contribution is -0.226. The Balaban J connectivity index is 1.15. The maximum absolute atomic E-state index is 13.5. The second-order valence-corrected chi connectivity index (χ2v) is 17.5. The summed E-state index contributed by atoms with van der Waals surface area (Å²) in [6.45, 7) is 5.28. The fourth-order valence-electron chi connectivity index (χ4n) is 8.95. The molecular formula is C46H61N7O11. The third-order valence-corrected chi connectivity index (χ3v) is 12.7. The highest BCUT2D eigenvalue weighted by Gasteiger charge is 2.54. The van der Waals surface area contributed by atoms with Crippen LogP contribution in [0.15, 0.2) is 48.7 Å². The van der Waals surface area contributed by atoms with E-state index in [0.29, 0.717) is 42.6 Å². The molecule has 18 nitrogen and oxygen atoms in total. The van der Waals surface area contributed by atoms with Crippen LogP contribution in [0, 0.1) is 19.8 Å². The molecule has 6 atom stereocenters. The number of carbonyl (C=O) groups excluding carboxylic acids is 4. The molecule has 3 aromatic rings. The smallest absolute Gasteiger partial charge is 0.336 e. The number of phenolic OH excluding ortho intramolecular Hbond substituents is 1. The van der Waals surface area contributed by atoms with E-state index in [9.17, 15) is 49.5 Å². The third-order valence-electron chi connectivity index (χ3n) is 12.7. The molecule has 1 aliphatic carbocycles. The van der Waals surface area contributed by atoms with Crippen LogP contribution >= 0.6 is 0 Å². The number of benzene rings is 2. The quantitative estimate of drug-likeness (QED) is 0.103. The Kier molecular flexibility index (Phi) is 15.9. The van der Waals surface area contributed by atoms with Crippen molar-refractivity contribution < 1.29 is 54.2 Å². The Morgan fingerprint density at radius 3 is 2.36 bits per heavy atom. The molecule has 64 heavy (non-hydrogen) atoms. The molecule has 2 aliphatic heterocycles. The van der Waals surface area contributed by atoms with Gasteiger partial charge in [-0.1, -0.05) is 54.8 Å². The number of aryl methyl sites for hydroxylation is 2. The number of piperidine rings is 1. The standard InChI is InChI=1S/C46H61N7O11/c1-27-19-34(20-28(2)40(27)58)44(61)48-24-37(56)41(59)42-39(49-38(57)26-53-25-35(50-51-53)32-12-5-4-6-13-32)36(55)22-46(64-42,45(62)63)16-8-11-30-9-7-10-31(21-30)23-47-43(60)33-14-17-52(18-15-33)29(3)54/h7-11,19-21,25,32-33,36-37,39,41-42,55-56,58-59H,4-6,12-18,22-24,26H2,1-3H3,(H,47,60)(H,48,61)(H,49,57)(H,62,63)/b11-8+/t36-,37+,39+,41+,42+,46+/m0/s1. The lowest BCUT2D eigenvalue weighted by Gasteiger charge is -2.47. The highest BCUT2D eigenvalue weighted by molar-refractivity contribution is 5.95. The predicted molar refractivity (Wildman–Crippen MR) is 232 cm³/mol. The number of amides is 4. The topological polar surface area (TPSA) is 266 Å². The second-order valence-electron chi connectivity index (χ2n) is 17.5. The number of ether oxygens (including phenoxy) is 1. The summed E-state index contributed by atoms with van der Waals surface area (Å²) >= 11 is 0. The Hall–Kier alpha value is -5.69. The maximum atomic E-state index is 13.5. The number of rotatable bonds is 16. The van der Waals surface area contributed by atoms with Crippen LogP contribution in [0.25, 0.3) is 6.08 Å². The van der Waals surface area contributed by atoms with Crippen LogP contribution in [0.4, 0.5) is 0 Å². The summed E-state index contributed by atoms with van der Waals surface area (Å²) in [5.74, 6) is -2.73. The highest BCUT2D eigenvalue weighted by Crippen LogP contribution is 2.36. The summed E-state index contributed by atoms with van der Waals surface area (Å²) in [7, 11) is 0. The average Bonchev–Trinajstić information content (AvgIpc) is 3.75. The number of hydrogen-bond donors (Lipinski definition) is 8. The molecule has 6 rings (SSSR count). The van der Waals surface area contributed by atoms with E-state index in [-0.39, 0.29) is 54.5 Å². The van der Waals surface area contributed by atoms with Crippen LogP contribution in [0.2, 0.25) is 0 Å². The summed E-state index contributed by atoms with van der Waals surface area (Å²) < 4.78 is 7.57. The number of aliphatic carboxylic acids is 1. The predicted octanol–water partition coefficient (Wildman–Crippen LogP) is 2.24. The van der Waals surface area contributed by atoms with E-state index in [1.807, 2.05) is 12.1 Å². The molecule has 3 heterocycles. The van der Waals surface area contributed by atoms with Gasteiger partial charge in [-0.3, -0.25) is 19.2 Å². The SMILES string of the molecule is CC(=O)N1CCC(C(=O)NCc2cccc(/C=C/C[C@]3(C(=O)O)C[C@H](O)[C@@H](NC(=O)Cn4cc(C5CCCCC5)nn4)[C@H]([C@H](O)[C@H](O)CNC(=O)c4cc(C)c(O)c(C)c4)O3)c2)CC1. The van der Waals surface area contributed by atoms with Crippen molar-refractivity contribution in [1.29, 1.82) is 0 Å². The number of aliphatic hydroxyl groups excluding tert-OH is 3. The van der Waals surface area contributed by atoms with Crippen molar-refractivity contribution in [3.05, 3.63) is 82.2 Å². The van der Waals surface area contributed by atoms with Gasteiger partial charge in [0.1, 0.15) is 24.5 Å². The van der Waals surface area contributed by atoms with E-state index in [1.165, 1.54) is 23.7 Å². The van der Waals surface area contributed by atoms with Crippen molar-refractivity contribution in [3.63, 3.8) is 0 Å². The minimum atomic E-state index is -2.13. The second kappa shape index (κ2) is 21.3. The number of aliphatic hydroxyl groups is 3. The Morgan fingerprint density at radius 2 is 1.69 bits per heavy atom. The van der Waals surface area contributed by atoms with E-state index in [2.05, 4.69) is 26.3 Å². The van der Waals surface area contributed by atoms with E-state index < -0.39 is 66.8 Å². The minimum absolute atomic E-state index is 0.00770. The first kappa shape index (κ1) is 47.8. The third kappa shape index (κ3) is 11.9. The fourth-order valence-corrected chi connectivity index (χ4v) is 8.95. The minimum Gasteiger partial charge on any atom is -0.507 e. The molecule has 2 aromatic carbocycles. The zero-order valence-corrected chi connectivity index (χ0v) is 36.6. The van der Waals surface area contributed by atoms with E-state index in [0.717, 1.165) is 43.4 Å². The van der Waals surface area contributed by atoms with Gasteiger partial charge in [-0.15, -0.1) is 5.10 Å². The molecule has 0 bridgehead atoms. The number of aromatic nitrogens is 3. The number of phenols is 1. The van der Waals surface area contributed by atoms with Gasteiger partial charge in [-0.25, -0.2) is 9.48 Å². The first-order valence-electron chi connectivity index (χ1n) is 22.1. The molecule has 2 saturated heterocycles. The molecule has 3 fully saturated rings. The Bertz CT molecular complexity index is 2160. The van der Waals surface area contributed by atoms with Gasteiger partial charge < -0.3 is 51.1 Å². The zero-order valence-electron chi connectivity index (χ0n) is 36.6. The van der Waals surface area contributed by atoms with Crippen molar-refractivity contribution in [2.45, 2.75) is 134 Å². The van der Waals surface area contributed by atoms with Crippen LogP contribution in [0.1, 0.15) is 109 Å². The zero-order chi connectivity index (χ0) is 46.1. The van der Waals surface area contributed by atoms with E-state index in [1.54, 1.807) is 49.2 Å². The van der Waals surface area contributed by atoms with Gasteiger partial charge in [0, 0.05) is 69.5 Å². The molecule has 3 aliphatic rings. The monoisotopic (exact) mass is 887 g/mol. The van der Waals surface area contributed by atoms with Gasteiger partial charge in [-0.2, -0.15) is 0 Å². The van der Waals surface area contributed by atoms with Crippen molar-refractivity contribution in [1.82, 2.24) is 35.8 Å². The summed E-state index contributed by atoms with van der Waals surface area (Å²) in [5, 5.41) is 71.9. The average molecular weight is 888 g/mol. The highest BCUT2D eigenvalue weighted by atomic mass is 16.6. The first-order chi connectivity index (χ1) is 30.5. The summed E-state index contributed by atoms with van der Waals surface area (Å²) in [6.07, 6.45) is 3.63. The number of aromatic hydroxyl groups is 1. The van der Waals surface area contributed by atoms with Crippen molar-refractivity contribution in [2.75, 3.05) is 19.6 Å². The summed E-state index contributed by atoms with van der Waals surface area (Å²) in [5.41, 5.74) is 1.24. The summed E-state index contributed by atoms with van der Waals surface area (Å²) in [4.78, 5) is 65.9. The molecular weight excluding hydrogens is 827 g/mol. The number of likely N-dealkylation sites (tertiary alicyclic amines) is 1. The van der Waals surface area contributed by atoms with Gasteiger partial charge >= 0.3 is 5.97 Å². The largest absolute Gasteiger partial charge is 0.507 e. The lowest BCUT2D eigenvalue weighted by atomic mass is 9.81. The van der Waals surface area contributed by atoms with Gasteiger partial charge in [0.15, 0.2) is 5.60 Å². The molecule has 4 amide bonds. The van der Waals surface area contributed by atoms with Gasteiger partial charge in [0.2, 0.25) is 17.7 Å². The summed E-state index contributed by atoms with van der Waals surface area (Å²) in [6, 6.07) is 8.78. The van der Waals surface area contributed by atoms with Crippen LogP contribution < -0.4 is 16.0 Å². The van der Waals surface area contributed by atoms with Crippen molar-refractivity contribution in [3.8, 4) is 5.75 Å². The molecule has 18 heteroatoms. The number of nitrogens with zero attached hydrogens (tertiary/aromatic N) is 4. The molecule has 0 spiro atoms. The Labute approximate surface area is 372 Å². The molecule has 0 radical (unpaired) electrons. The van der Waals surface area contributed by atoms with Crippen molar-refractivity contribution in [2.24, 2.45) is 5.92 Å². The van der Waals surface area contributed by atoms with Gasteiger partial charge in [0.05, 0.1) is 23.9 Å². The van der Waals surface area contributed by atoms with Crippen LogP contribution in [-0.4, -0.2) is 131 Å². The number of nitrogens with one attached hydrogen (secondary N) is 3. The Morgan fingerprint density at radius 1 is 0.984 bits per heavy atom. The van der Waals surface area contributed by atoms with Gasteiger partial charge in [0.25, 0.3) is 5.91 Å². The number of carboxylic acid groups (broad SMARTS) is 1. The number of carboxylic acids is 1. The van der Waals surface area contributed by atoms with Gasteiger partial charge in [-0.05, 0) is 80.0 Å². The van der Waals surface area contributed by atoms with E-state index in [4.69, 9.17) is 4.74 Å². The van der Waals surface area contributed by atoms with Crippen LogP contribution in [0.5, 0.6) is 5.75 Å².